The lowest BCUT2D eigenvalue weighted by Crippen LogP contribution is -2.36. The standard InChI is InChI=1S/C8H19N3/c1-7(10)4-11-6-8(2,3)5-9/h11H,1,4-6,9-10H2,2-3H3. The van der Waals surface area contributed by atoms with Crippen LogP contribution in [0, 0.1) is 5.41 Å². The molecule has 0 aliphatic rings. The van der Waals surface area contributed by atoms with Crippen molar-refractivity contribution in [2.24, 2.45) is 16.9 Å². The topological polar surface area (TPSA) is 64.1 Å². The van der Waals surface area contributed by atoms with Crippen molar-refractivity contribution in [3.63, 3.8) is 0 Å². The smallest absolute Gasteiger partial charge is 0.0346 e. The molecule has 0 aromatic carbocycles. The molecule has 3 heteroatoms. The largest absolute Gasteiger partial charge is 0.401 e. The second-order valence-electron chi connectivity index (χ2n) is 3.63. The summed E-state index contributed by atoms with van der Waals surface area (Å²) >= 11 is 0. The predicted octanol–water partition coefficient (Wildman–Crippen LogP) is 0.0333. The van der Waals surface area contributed by atoms with Gasteiger partial charge in [0.25, 0.3) is 0 Å². The van der Waals surface area contributed by atoms with Gasteiger partial charge in [-0.05, 0) is 12.0 Å². The highest BCUT2D eigenvalue weighted by Gasteiger charge is 2.13. The van der Waals surface area contributed by atoms with Crippen molar-refractivity contribution in [3.8, 4) is 0 Å². The van der Waals surface area contributed by atoms with Crippen molar-refractivity contribution < 1.29 is 0 Å². The van der Waals surface area contributed by atoms with E-state index in [1.807, 2.05) is 0 Å². The second kappa shape index (κ2) is 4.36. The van der Waals surface area contributed by atoms with E-state index in [0.717, 1.165) is 6.54 Å². The lowest BCUT2D eigenvalue weighted by atomic mass is 9.94. The molecule has 0 amide bonds. The first-order valence-corrected chi connectivity index (χ1v) is 3.82. The van der Waals surface area contributed by atoms with Gasteiger partial charge in [0, 0.05) is 18.8 Å². The molecule has 0 aromatic rings. The molecule has 0 rings (SSSR count). The zero-order chi connectivity index (χ0) is 8.91. The maximum absolute atomic E-state index is 5.53. The molecular formula is C8H19N3. The molecule has 0 saturated heterocycles. The molecular weight excluding hydrogens is 138 g/mol. The number of nitrogens with two attached hydrogens (primary N) is 2. The van der Waals surface area contributed by atoms with Crippen LogP contribution < -0.4 is 16.8 Å². The average molecular weight is 157 g/mol. The summed E-state index contributed by atoms with van der Waals surface area (Å²) in [7, 11) is 0. The zero-order valence-corrected chi connectivity index (χ0v) is 7.48. The highest BCUT2D eigenvalue weighted by atomic mass is 14.9. The minimum atomic E-state index is 0.148. The molecule has 0 heterocycles. The van der Waals surface area contributed by atoms with Crippen LogP contribution in [0.1, 0.15) is 13.8 Å². The zero-order valence-electron chi connectivity index (χ0n) is 7.48. The number of hydrogen-bond donors (Lipinski definition) is 3. The Morgan fingerprint density at radius 3 is 2.45 bits per heavy atom. The van der Waals surface area contributed by atoms with Crippen molar-refractivity contribution in [3.05, 3.63) is 12.3 Å². The molecule has 0 unspecified atom stereocenters. The summed E-state index contributed by atoms with van der Waals surface area (Å²) in [5, 5.41) is 3.17. The number of rotatable bonds is 5. The molecule has 66 valence electrons. The third-order valence-corrected chi connectivity index (χ3v) is 1.51. The Bertz CT molecular complexity index is 129. The third-order valence-electron chi connectivity index (χ3n) is 1.51. The van der Waals surface area contributed by atoms with Crippen LogP contribution in [0.15, 0.2) is 12.3 Å². The summed E-state index contributed by atoms with van der Waals surface area (Å²) in [5.41, 5.74) is 11.7. The predicted molar refractivity (Wildman–Crippen MR) is 49.0 cm³/mol. The van der Waals surface area contributed by atoms with Gasteiger partial charge in [0.2, 0.25) is 0 Å². The van der Waals surface area contributed by atoms with Gasteiger partial charge in [0.1, 0.15) is 0 Å². The fourth-order valence-electron chi connectivity index (χ4n) is 0.634. The van der Waals surface area contributed by atoms with E-state index in [1.165, 1.54) is 0 Å². The molecule has 0 spiro atoms. The molecule has 0 radical (unpaired) electrons. The van der Waals surface area contributed by atoms with Gasteiger partial charge in [-0.1, -0.05) is 20.4 Å². The first-order valence-electron chi connectivity index (χ1n) is 3.82. The van der Waals surface area contributed by atoms with Crippen LogP contribution in [-0.4, -0.2) is 19.6 Å². The summed E-state index contributed by atoms with van der Waals surface area (Å²) in [6.07, 6.45) is 0. The first kappa shape index (κ1) is 10.5. The average Bonchev–Trinajstić information content (AvgIpc) is 1.87. The molecule has 3 nitrogen and oxygen atoms in total. The molecule has 0 aliphatic carbocycles. The molecule has 0 aliphatic heterocycles. The summed E-state index contributed by atoms with van der Waals surface area (Å²) in [6, 6.07) is 0. The van der Waals surface area contributed by atoms with E-state index in [0.29, 0.717) is 18.8 Å². The monoisotopic (exact) mass is 157 g/mol. The van der Waals surface area contributed by atoms with E-state index >= 15 is 0 Å². The maximum Gasteiger partial charge on any atom is 0.0346 e. The van der Waals surface area contributed by atoms with Crippen molar-refractivity contribution in [1.82, 2.24) is 5.32 Å². The lowest BCUT2D eigenvalue weighted by molar-refractivity contribution is 0.357. The summed E-state index contributed by atoms with van der Waals surface area (Å²) < 4.78 is 0. The van der Waals surface area contributed by atoms with Crippen molar-refractivity contribution >= 4 is 0 Å². The van der Waals surface area contributed by atoms with Crippen molar-refractivity contribution in [1.29, 1.82) is 0 Å². The Morgan fingerprint density at radius 2 is 2.09 bits per heavy atom. The summed E-state index contributed by atoms with van der Waals surface area (Å²) in [6.45, 7) is 10.0. The van der Waals surface area contributed by atoms with Crippen LogP contribution in [-0.2, 0) is 0 Å². The van der Waals surface area contributed by atoms with Crippen LogP contribution in [0.3, 0.4) is 0 Å². The van der Waals surface area contributed by atoms with E-state index in [1.54, 1.807) is 0 Å². The Labute approximate surface area is 68.8 Å². The number of nitrogens with one attached hydrogen (secondary N) is 1. The van der Waals surface area contributed by atoms with Crippen LogP contribution in [0.4, 0.5) is 0 Å². The first-order chi connectivity index (χ1) is 4.98. The molecule has 0 bridgehead atoms. The Balaban J connectivity index is 3.45. The third kappa shape index (κ3) is 5.88. The van der Waals surface area contributed by atoms with Gasteiger partial charge < -0.3 is 16.8 Å². The van der Waals surface area contributed by atoms with Gasteiger partial charge >= 0.3 is 0 Å². The van der Waals surface area contributed by atoms with Crippen LogP contribution in [0.5, 0.6) is 0 Å². The summed E-state index contributed by atoms with van der Waals surface area (Å²) in [5.74, 6) is 0. The van der Waals surface area contributed by atoms with Crippen LogP contribution in [0.2, 0.25) is 0 Å². The number of hydrogen-bond acceptors (Lipinski definition) is 3. The van der Waals surface area contributed by atoms with Crippen LogP contribution in [0.25, 0.3) is 0 Å². The van der Waals surface area contributed by atoms with Gasteiger partial charge in [0.15, 0.2) is 0 Å². The van der Waals surface area contributed by atoms with Gasteiger partial charge in [-0.2, -0.15) is 0 Å². The van der Waals surface area contributed by atoms with Crippen molar-refractivity contribution in [2.45, 2.75) is 13.8 Å². The van der Waals surface area contributed by atoms with E-state index in [4.69, 9.17) is 11.5 Å². The molecule has 0 saturated carbocycles. The molecule has 11 heavy (non-hydrogen) atoms. The lowest BCUT2D eigenvalue weighted by Gasteiger charge is -2.22. The molecule has 0 atom stereocenters. The minimum absolute atomic E-state index is 0.148. The molecule has 0 aromatic heterocycles. The summed E-state index contributed by atoms with van der Waals surface area (Å²) in [4.78, 5) is 0. The van der Waals surface area contributed by atoms with Gasteiger partial charge in [-0.3, -0.25) is 0 Å². The Kier molecular flexibility index (Phi) is 4.15. The van der Waals surface area contributed by atoms with Gasteiger partial charge in [-0.15, -0.1) is 0 Å². The fraction of sp³-hybridized carbons (Fsp3) is 0.750. The van der Waals surface area contributed by atoms with Gasteiger partial charge in [-0.25, -0.2) is 0 Å². The molecule has 0 fully saturated rings. The van der Waals surface area contributed by atoms with E-state index in [-0.39, 0.29) is 5.41 Å². The van der Waals surface area contributed by atoms with E-state index < -0.39 is 0 Å². The fourth-order valence-corrected chi connectivity index (χ4v) is 0.634. The Morgan fingerprint density at radius 1 is 1.55 bits per heavy atom. The van der Waals surface area contributed by atoms with E-state index in [9.17, 15) is 0 Å². The van der Waals surface area contributed by atoms with Gasteiger partial charge in [0.05, 0.1) is 0 Å². The normalized spacial score (nSPS) is 11.5. The SMILES string of the molecule is C=C(N)CNCC(C)(C)CN. The highest BCUT2D eigenvalue weighted by Crippen LogP contribution is 2.09. The Hall–Kier alpha value is -0.540. The second-order valence-corrected chi connectivity index (χ2v) is 3.63. The van der Waals surface area contributed by atoms with E-state index in [2.05, 4.69) is 25.7 Å². The quantitative estimate of drug-likeness (QED) is 0.527. The maximum atomic E-state index is 5.53. The van der Waals surface area contributed by atoms with Crippen LogP contribution >= 0.6 is 0 Å². The highest BCUT2D eigenvalue weighted by molar-refractivity contribution is 4.89. The molecule has 5 N–H and O–H groups in total. The minimum Gasteiger partial charge on any atom is -0.401 e. The van der Waals surface area contributed by atoms with Crippen molar-refractivity contribution in [2.75, 3.05) is 19.6 Å².